The minimum atomic E-state index is -1.01. The van der Waals surface area contributed by atoms with Crippen LogP contribution in [0.4, 0.5) is 0 Å². The first-order chi connectivity index (χ1) is 11.9. The zero-order valence-electron chi connectivity index (χ0n) is 13.3. The second-order valence-corrected chi connectivity index (χ2v) is 8.50. The lowest BCUT2D eigenvalue weighted by atomic mass is 9.96. The van der Waals surface area contributed by atoms with Crippen LogP contribution in [0, 0.1) is 0 Å². The molecule has 0 saturated carbocycles. The number of halogens is 1. The SMILES string of the molecule is CC1(CI)S[C@@H]2C(NC(=O)COc3ccccc3)C(=O)N2C1C(=O)O. The van der Waals surface area contributed by atoms with Gasteiger partial charge in [-0.3, -0.25) is 9.59 Å². The average Bonchev–Trinajstić information content (AvgIpc) is 2.89. The Kier molecular flexibility index (Phi) is 5.14. The number of hydrogen-bond donors (Lipinski definition) is 2. The molecule has 2 saturated heterocycles. The minimum Gasteiger partial charge on any atom is -0.484 e. The predicted octanol–water partition coefficient (Wildman–Crippen LogP) is 1.11. The lowest BCUT2D eigenvalue weighted by molar-refractivity contribution is -0.161. The lowest BCUT2D eigenvalue weighted by Crippen LogP contribution is -2.71. The van der Waals surface area contributed by atoms with E-state index in [1.165, 1.54) is 16.7 Å². The third kappa shape index (κ3) is 3.31. The summed E-state index contributed by atoms with van der Waals surface area (Å²) in [5.41, 5.74) is 0. The van der Waals surface area contributed by atoms with E-state index < -0.39 is 28.7 Å². The number of rotatable bonds is 6. The van der Waals surface area contributed by atoms with Crippen molar-refractivity contribution in [2.45, 2.75) is 29.1 Å². The van der Waals surface area contributed by atoms with Crippen LogP contribution in [0.5, 0.6) is 5.75 Å². The molecule has 3 rings (SSSR count). The van der Waals surface area contributed by atoms with Gasteiger partial charge in [-0.15, -0.1) is 11.8 Å². The summed E-state index contributed by atoms with van der Waals surface area (Å²) in [5.74, 6) is -1.21. The van der Waals surface area contributed by atoms with Crippen molar-refractivity contribution in [3.8, 4) is 5.75 Å². The zero-order chi connectivity index (χ0) is 18.2. The molecular weight excluding hydrogens is 459 g/mol. The van der Waals surface area contributed by atoms with Crippen molar-refractivity contribution in [2.75, 3.05) is 11.0 Å². The van der Waals surface area contributed by atoms with Crippen molar-refractivity contribution in [1.29, 1.82) is 0 Å². The van der Waals surface area contributed by atoms with E-state index in [2.05, 4.69) is 27.9 Å². The number of fused-ring (bicyclic) bond motifs is 1. The largest absolute Gasteiger partial charge is 0.484 e. The molecule has 0 radical (unpaired) electrons. The van der Waals surface area contributed by atoms with Crippen molar-refractivity contribution in [3.05, 3.63) is 30.3 Å². The van der Waals surface area contributed by atoms with Crippen LogP contribution in [-0.2, 0) is 14.4 Å². The second-order valence-electron chi connectivity index (χ2n) is 6.09. The highest BCUT2D eigenvalue weighted by molar-refractivity contribution is 14.1. The van der Waals surface area contributed by atoms with E-state index in [0.29, 0.717) is 10.2 Å². The number of carboxylic acid groups (broad SMARTS) is 1. The summed E-state index contributed by atoms with van der Waals surface area (Å²) in [6.45, 7) is 1.64. The zero-order valence-corrected chi connectivity index (χ0v) is 16.3. The molecular formula is C16H17IN2O5S. The highest BCUT2D eigenvalue weighted by Gasteiger charge is 2.65. The van der Waals surface area contributed by atoms with Gasteiger partial charge in [-0.05, 0) is 19.1 Å². The summed E-state index contributed by atoms with van der Waals surface area (Å²) in [7, 11) is 0. The lowest BCUT2D eigenvalue weighted by Gasteiger charge is -2.43. The Morgan fingerprint density at radius 1 is 1.40 bits per heavy atom. The fourth-order valence-corrected chi connectivity index (χ4v) is 5.59. The van der Waals surface area contributed by atoms with E-state index in [4.69, 9.17) is 4.74 Å². The highest BCUT2D eigenvalue weighted by atomic mass is 127. The topological polar surface area (TPSA) is 95.9 Å². The molecule has 2 fully saturated rings. The quantitative estimate of drug-likeness (QED) is 0.363. The fraction of sp³-hybridized carbons (Fsp3) is 0.438. The van der Waals surface area contributed by atoms with E-state index in [9.17, 15) is 19.5 Å². The van der Waals surface area contributed by atoms with Crippen molar-refractivity contribution in [2.24, 2.45) is 0 Å². The maximum Gasteiger partial charge on any atom is 0.327 e. The second kappa shape index (κ2) is 7.02. The predicted molar refractivity (Wildman–Crippen MR) is 101 cm³/mol. The Bertz CT molecular complexity index is 703. The molecule has 9 heteroatoms. The summed E-state index contributed by atoms with van der Waals surface area (Å²) in [5, 5.41) is 11.8. The van der Waals surface area contributed by atoms with Gasteiger partial charge in [0.15, 0.2) is 6.61 Å². The van der Waals surface area contributed by atoms with Crippen molar-refractivity contribution in [3.63, 3.8) is 0 Å². The molecule has 0 bridgehead atoms. The van der Waals surface area contributed by atoms with Gasteiger partial charge in [0.2, 0.25) is 5.91 Å². The molecule has 0 aliphatic carbocycles. The molecule has 2 amide bonds. The summed E-state index contributed by atoms with van der Waals surface area (Å²) < 4.78 is 5.38. The van der Waals surface area contributed by atoms with Crippen LogP contribution >= 0.6 is 34.4 Å². The number of thioether (sulfide) groups is 1. The number of carbonyl (C=O) groups excluding carboxylic acids is 2. The van der Waals surface area contributed by atoms with E-state index in [1.54, 1.807) is 24.3 Å². The maximum atomic E-state index is 12.4. The number of benzene rings is 1. The van der Waals surface area contributed by atoms with Gasteiger partial charge >= 0.3 is 5.97 Å². The number of β-lactam (4-membered cyclic amide) rings is 1. The Hall–Kier alpha value is -1.49. The molecule has 25 heavy (non-hydrogen) atoms. The summed E-state index contributed by atoms with van der Waals surface area (Å²) >= 11 is 3.56. The number of nitrogens with zero attached hydrogens (tertiary/aromatic N) is 1. The Balaban J connectivity index is 1.61. The molecule has 3 unspecified atom stereocenters. The first kappa shape index (κ1) is 18.3. The third-order valence-corrected chi connectivity index (χ3v) is 8.00. The van der Waals surface area contributed by atoms with Crippen molar-refractivity contribution < 1.29 is 24.2 Å². The number of alkyl halides is 1. The van der Waals surface area contributed by atoms with Gasteiger partial charge < -0.3 is 20.1 Å². The molecule has 2 heterocycles. The smallest absolute Gasteiger partial charge is 0.327 e. The van der Waals surface area contributed by atoms with Crippen LogP contribution in [0.2, 0.25) is 0 Å². The number of para-hydroxylation sites is 1. The van der Waals surface area contributed by atoms with Gasteiger partial charge in [0.1, 0.15) is 23.2 Å². The molecule has 1 aromatic rings. The van der Waals surface area contributed by atoms with Crippen LogP contribution in [0.3, 0.4) is 0 Å². The summed E-state index contributed by atoms with van der Waals surface area (Å²) in [6, 6.07) is 7.33. The van der Waals surface area contributed by atoms with Gasteiger partial charge in [-0.2, -0.15) is 0 Å². The van der Waals surface area contributed by atoms with Gasteiger partial charge in [-0.1, -0.05) is 40.8 Å². The number of aliphatic carboxylic acids is 1. The Morgan fingerprint density at radius 2 is 2.08 bits per heavy atom. The summed E-state index contributed by atoms with van der Waals surface area (Å²) in [6.07, 6.45) is 0. The van der Waals surface area contributed by atoms with E-state index in [-0.39, 0.29) is 17.9 Å². The molecule has 7 nitrogen and oxygen atoms in total. The summed E-state index contributed by atoms with van der Waals surface area (Å²) in [4.78, 5) is 37.4. The fourth-order valence-electron chi connectivity index (χ4n) is 3.02. The number of carbonyl (C=O) groups is 3. The molecule has 2 aliphatic rings. The number of nitrogens with one attached hydrogen (secondary N) is 1. The van der Waals surface area contributed by atoms with Crippen molar-refractivity contribution in [1.82, 2.24) is 10.2 Å². The average molecular weight is 476 g/mol. The van der Waals surface area contributed by atoms with Crippen molar-refractivity contribution >= 4 is 52.1 Å². The van der Waals surface area contributed by atoms with Gasteiger partial charge in [0.25, 0.3) is 5.91 Å². The van der Waals surface area contributed by atoms with Gasteiger partial charge in [0, 0.05) is 4.43 Å². The van der Waals surface area contributed by atoms with Gasteiger partial charge in [-0.25, -0.2) is 4.79 Å². The van der Waals surface area contributed by atoms with Gasteiger partial charge in [0.05, 0.1) is 4.75 Å². The third-order valence-electron chi connectivity index (χ3n) is 4.26. The number of amides is 2. The van der Waals surface area contributed by atoms with E-state index in [0.717, 1.165) is 0 Å². The normalized spacial score (nSPS) is 30.4. The standard InChI is InChI=1S/C16H17IN2O5S/c1-16(8-17)12(15(22)23)19-13(21)11(14(19)25-16)18-10(20)7-24-9-5-3-2-4-6-9/h2-6,11-12,14H,7-8H2,1H3,(H,18,20)(H,22,23)/t11?,12?,14-,16?/m1/s1. The van der Waals surface area contributed by atoms with Crippen LogP contribution in [-0.4, -0.2) is 61.0 Å². The Labute approximate surface area is 162 Å². The van der Waals surface area contributed by atoms with E-state index in [1.807, 2.05) is 13.0 Å². The van der Waals surface area contributed by atoms with E-state index >= 15 is 0 Å². The first-order valence-electron chi connectivity index (χ1n) is 7.63. The van der Waals surface area contributed by atoms with Crippen LogP contribution in [0.15, 0.2) is 30.3 Å². The number of carboxylic acids is 1. The minimum absolute atomic E-state index is 0.197. The van der Waals surface area contributed by atoms with Crippen LogP contribution in [0.25, 0.3) is 0 Å². The highest BCUT2D eigenvalue weighted by Crippen LogP contribution is 2.51. The molecule has 1 aromatic carbocycles. The Morgan fingerprint density at radius 3 is 2.68 bits per heavy atom. The molecule has 2 N–H and O–H groups in total. The number of ether oxygens (including phenoxy) is 1. The molecule has 0 spiro atoms. The molecule has 4 atom stereocenters. The first-order valence-corrected chi connectivity index (χ1v) is 10.0. The molecule has 134 valence electrons. The molecule has 2 aliphatic heterocycles. The van der Waals surface area contributed by atoms with Crippen LogP contribution in [0.1, 0.15) is 6.92 Å². The van der Waals surface area contributed by atoms with Crippen LogP contribution < -0.4 is 10.1 Å². The molecule has 0 aromatic heterocycles. The maximum absolute atomic E-state index is 12.4. The number of hydrogen-bond acceptors (Lipinski definition) is 5. The monoisotopic (exact) mass is 476 g/mol.